The molecule has 0 aliphatic rings. The van der Waals surface area contributed by atoms with Crippen molar-refractivity contribution in [1.29, 1.82) is 0 Å². The SMILES string of the molecule is Cc1cc(C)cc(N(CC(=O)N/N=C\c2ccc(OCC(=O)NCc3ccccc3)cc2)S(C)(=O)=O)c1. The Labute approximate surface area is 217 Å². The molecule has 9 nitrogen and oxygen atoms in total. The number of sulfonamides is 1. The molecule has 0 saturated heterocycles. The van der Waals surface area contributed by atoms with Gasteiger partial charge in [0, 0.05) is 6.54 Å². The number of ether oxygens (including phenoxy) is 1. The predicted molar refractivity (Wildman–Crippen MR) is 144 cm³/mol. The number of carbonyl (C=O) groups excluding carboxylic acids is 2. The van der Waals surface area contributed by atoms with E-state index in [1.54, 1.807) is 36.4 Å². The van der Waals surface area contributed by atoms with E-state index in [1.807, 2.05) is 50.2 Å². The van der Waals surface area contributed by atoms with Crippen LogP contribution in [-0.2, 0) is 26.2 Å². The predicted octanol–water partition coefficient (Wildman–Crippen LogP) is 2.91. The van der Waals surface area contributed by atoms with Crippen LogP contribution in [0.3, 0.4) is 0 Å². The third-order valence-corrected chi connectivity index (χ3v) is 6.31. The zero-order valence-corrected chi connectivity index (χ0v) is 21.8. The van der Waals surface area contributed by atoms with Crippen LogP contribution in [0.5, 0.6) is 5.75 Å². The molecule has 2 N–H and O–H groups in total. The van der Waals surface area contributed by atoms with Crippen molar-refractivity contribution in [3.05, 3.63) is 95.1 Å². The molecule has 37 heavy (non-hydrogen) atoms. The van der Waals surface area contributed by atoms with Crippen LogP contribution in [0.1, 0.15) is 22.3 Å². The summed E-state index contributed by atoms with van der Waals surface area (Å²) in [6.07, 6.45) is 2.48. The van der Waals surface area contributed by atoms with Crippen LogP contribution in [-0.4, -0.2) is 45.9 Å². The highest BCUT2D eigenvalue weighted by molar-refractivity contribution is 7.92. The maximum Gasteiger partial charge on any atom is 0.260 e. The van der Waals surface area contributed by atoms with Crippen molar-refractivity contribution in [3.8, 4) is 5.75 Å². The second-order valence-corrected chi connectivity index (χ2v) is 10.4. The summed E-state index contributed by atoms with van der Waals surface area (Å²) in [7, 11) is -3.68. The Morgan fingerprint density at radius 3 is 2.22 bits per heavy atom. The number of nitrogens with one attached hydrogen (secondary N) is 2. The molecular formula is C27H30N4O5S. The molecule has 0 radical (unpaired) electrons. The van der Waals surface area contributed by atoms with Crippen LogP contribution in [0.4, 0.5) is 5.69 Å². The first kappa shape index (κ1) is 27.4. The number of carbonyl (C=O) groups is 2. The first-order chi connectivity index (χ1) is 17.6. The van der Waals surface area contributed by atoms with Crippen LogP contribution >= 0.6 is 0 Å². The second kappa shape index (κ2) is 12.7. The lowest BCUT2D eigenvalue weighted by molar-refractivity contribution is -0.123. The molecule has 0 aliphatic carbocycles. The smallest absolute Gasteiger partial charge is 0.260 e. The van der Waals surface area contributed by atoms with Crippen molar-refractivity contribution >= 4 is 33.7 Å². The average Bonchev–Trinajstić information content (AvgIpc) is 2.85. The van der Waals surface area contributed by atoms with Gasteiger partial charge in [-0.2, -0.15) is 5.10 Å². The molecule has 3 aromatic rings. The minimum atomic E-state index is -3.68. The number of hydrogen-bond acceptors (Lipinski definition) is 6. The molecule has 10 heteroatoms. The molecule has 3 aromatic carbocycles. The van der Waals surface area contributed by atoms with Crippen molar-refractivity contribution in [3.63, 3.8) is 0 Å². The van der Waals surface area contributed by atoms with E-state index in [-0.39, 0.29) is 12.5 Å². The Balaban J connectivity index is 1.48. The number of amides is 2. The molecule has 0 aliphatic heterocycles. The first-order valence-electron chi connectivity index (χ1n) is 11.5. The highest BCUT2D eigenvalue weighted by Crippen LogP contribution is 2.21. The number of anilines is 1. The van der Waals surface area contributed by atoms with E-state index in [0.717, 1.165) is 27.3 Å². The van der Waals surface area contributed by atoms with Gasteiger partial charge in [0.05, 0.1) is 18.2 Å². The number of hydrazone groups is 1. The van der Waals surface area contributed by atoms with Crippen LogP contribution in [0.25, 0.3) is 0 Å². The van der Waals surface area contributed by atoms with Crippen molar-refractivity contribution in [2.24, 2.45) is 5.10 Å². The average molecular weight is 523 g/mol. The normalized spacial score (nSPS) is 11.2. The van der Waals surface area contributed by atoms with E-state index in [9.17, 15) is 18.0 Å². The van der Waals surface area contributed by atoms with Crippen molar-refractivity contribution in [2.75, 3.05) is 23.7 Å². The summed E-state index contributed by atoms with van der Waals surface area (Å²) >= 11 is 0. The third-order valence-electron chi connectivity index (χ3n) is 5.17. The summed E-state index contributed by atoms with van der Waals surface area (Å²) in [5.41, 5.74) is 6.23. The monoisotopic (exact) mass is 522 g/mol. The van der Waals surface area contributed by atoms with Crippen LogP contribution < -0.4 is 19.8 Å². The largest absolute Gasteiger partial charge is 0.484 e. The van der Waals surface area contributed by atoms with E-state index in [1.165, 1.54) is 6.21 Å². The number of aryl methyl sites for hydroxylation is 2. The van der Waals surface area contributed by atoms with Gasteiger partial charge in [-0.05, 0) is 72.5 Å². The standard InChI is InChI=1S/C27H30N4O5S/c1-20-13-21(2)15-24(14-20)31(37(3,34)35)18-26(32)30-29-17-23-9-11-25(12-10-23)36-19-27(33)28-16-22-7-5-4-6-8-22/h4-15,17H,16,18-19H2,1-3H3,(H,28,33)(H,30,32)/b29-17-. The molecule has 0 saturated carbocycles. The molecular weight excluding hydrogens is 492 g/mol. The van der Waals surface area contributed by atoms with Crippen LogP contribution in [0.15, 0.2) is 77.9 Å². The van der Waals surface area contributed by atoms with Gasteiger partial charge in [-0.3, -0.25) is 13.9 Å². The fourth-order valence-corrected chi connectivity index (χ4v) is 4.33. The van der Waals surface area contributed by atoms with E-state index in [0.29, 0.717) is 23.5 Å². The Kier molecular flexibility index (Phi) is 9.39. The summed E-state index contributed by atoms with van der Waals surface area (Å²) < 4.78 is 31.1. The van der Waals surface area contributed by atoms with Gasteiger partial charge in [0.25, 0.3) is 11.8 Å². The fourth-order valence-electron chi connectivity index (χ4n) is 3.49. The van der Waals surface area contributed by atoms with Gasteiger partial charge in [-0.1, -0.05) is 36.4 Å². The van der Waals surface area contributed by atoms with Gasteiger partial charge in [-0.15, -0.1) is 0 Å². The van der Waals surface area contributed by atoms with Crippen LogP contribution in [0, 0.1) is 13.8 Å². The minimum absolute atomic E-state index is 0.117. The summed E-state index contributed by atoms with van der Waals surface area (Å²) in [5, 5.41) is 6.70. The Morgan fingerprint density at radius 1 is 0.946 bits per heavy atom. The maximum absolute atomic E-state index is 12.4. The number of rotatable bonds is 11. The molecule has 0 spiro atoms. The van der Waals surface area contributed by atoms with Gasteiger partial charge in [0.15, 0.2) is 6.61 Å². The maximum atomic E-state index is 12.4. The fraction of sp³-hybridized carbons (Fsp3) is 0.222. The summed E-state index contributed by atoms with van der Waals surface area (Å²) in [6, 6.07) is 21.7. The van der Waals surface area contributed by atoms with Gasteiger partial charge < -0.3 is 10.1 Å². The topological polar surface area (TPSA) is 117 Å². The molecule has 2 amide bonds. The van der Waals surface area contributed by atoms with E-state index >= 15 is 0 Å². The molecule has 3 rings (SSSR count). The molecule has 0 aromatic heterocycles. The van der Waals surface area contributed by atoms with Gasteiger partial charge >= 0.3 is 0 Å². The molecule has 0 atom stereocenters. The number of nitrogens with zero attached hydrogens (tertiary/aromatic N) is 2. The lowest BCUT2D eigenvalue weighted by atomic mass is 10.1. The zero-order valence-electron chi connectivity index (χ0n) is 21.0. The Bertz CT molecular complexity index is 1340. The van der Waals surface area contributed by atoms with E-state index in [2.05, 4.69) is 15.8 Å². The number of benzene rings is 3. The lowest BCUT2D eigenvalue weighted by Crippen LogP contribution is -2.39. The van der Waals surface area contributed by atoms with E-state index in [4.69, 9.17) is 4.74 Å². The zero-order chi connectivity index (χ0) is 26.8. The van der Waals surface area contributed by atoms with Crippen molar-refractivity contribution in [1.82, 2.24) is 10.7 Å². The minimum Gasteiger partial charge on any atom is -0.484 e. The van der Waals surface area contributed by atoms with Crippen molar-refractivity contribution in [2.45, 2.75) is 20.4 Å². The number of hydrogen-bond donors (Lipinski definition) is 2. The molecule has 0 heterocycles. The van der Waals surface area contributed by atoms with E-state index < -0.39 is 22.5 Å². The summed E-state index contributed by atoms with van der Waals surface area (Å²) in [6.45, 7) is 3.62. The molecule has 0 bridgehead atoms. The molecule has 0 fully saturated rings. The Morgan fingerprint density at radius 2 is 1.59 bits per heavy atom. The quantitative estimate of drug-likeness (QED) is 0.297. The van der Waals surface area contributed by atoms with Gasteiger partial charge in [-0.25, -0.2) is 13.8 Å². The van der Waals surface area contributed by atoms with Crippen LogP contribution in [0.2, 0.25) is 0 Å². The lowest BCUT2D eigenvalue weighted by Gasteiger charge is -2.22. The molecule has 0 unspecified atom stereocenters. The highest BCUT2D eigenvalue weighted by Gasteiger charge is 2.21. The first-order valence-corrected chi connectivity index (χ1v) is 13.4. The molecule has 194 valence electrons. The summed E-state index contributed by atoms with van der Waals surface area (Å²) in [4.78, 5) is 24.4. The van der Waals surface area contributed by atoms with Crippen molar-refractivity contribution < 1.29 is 22.7 Å². The highest BCUT2D eigenvalue weighted by atomic mass is 32.2. The van der Waals surface area contributed by atoms with Gasteiger partial charge in [0.2, 0.25) is 10.0 Å². The summed E-state index contributed by atoms with van der Waals surface area (Å²) in [5.74, 6) is -0.309. The Hall–Kier alpha value is -4.18. The van der Waals surface area contributed by atoms with Gasteiger partial charge in [0.1, 0.15) is 12.3 Å². The third kappa shape index (κ3) is 9.08. The second-order valence-electron chi connectivity index (χ2n) is 8.53.